The van der Waals surface area contributed by atoms with Gasteiger partial charge in [-0.3, -0.25) is 9.59 Å². The van der Waals surface area contributed by atoms with E-state index in [1.54, 1.807) is 6.92 Å². The maximum absolute atomic E-state index is 12.4. The molecule has 0 saturated carbocycles. The van der Waals surface area contributed by atoms with Crippen LogP contribution in [0.15, 0.2) is 38.7 Å². The average Bonchev–Trinajstić information content (AvgIpc) is 3.14. The molecule has 0 aliphatic rings. The van der Waals surface area contributed by atoms with E-state index < -0.39 is 0 Å². The van der Waals surface area contributed by atoms with Gasteiger partial charge in [0.05, 0.1) is 16.0 Å². The Morgan fingerprint density at radius 1 is 1.32 bits per heavy atom. The lowest BCUT2D eigenvalue weighted by molar-refractivity contribution is 0.102. The largest absolute Gasteiger partial charge is 0.431 e. The number of carbonyl (C=O) groups is 1. The number of nitrogens with one attached hydrogen (secondary N) is 1. The second kappa shape index (κ2) is 6.12. The Balaban J connectivity index is 1.65. The van der Waals surface area contributed by atoms with Crippen molar-refractivity contribution in [3.63, 3.8) is 0 Å². The maximum atomic E-state index is 12.4. The number of carbonyl (C=O) groups excluding carboxylic acids is 1. The summed E-state index contributed by atoms with van der Waals surface area (Å²) in [4.78, 5) is 36.9. The van der Waals surface area contributed by atoms with Crippen molar-refractivity contribution in [3.8, 4) is 0 Å². The summed E-state index contributed by atoms with van der Waals surface area (Å²) in [7, 11) is 0. The summed E-state index contributed by atoms with van der Waals surface area (Å²) in [6, 6.07) is 7.53. The number of hydrogen-bond donors (Lipinski definition) is 1. The Bertz CT molecular complexity index is 1140. The van der Waals surface area contributed by atoms with Crippen molar-refractivity contribution in [2.75, 3.05) is 0 Å². The fraction of sp³-hybridized carbons (Fsp3) is 0.176. The van der Waals surface area contributed by atoms with Crippen LogP contribution in [-0.4, -0.2) is 20.7 Å². The van der Waals surface area contributed by atoms with Crippen LogP contribution in [0.3, 0.4) is 0 Å². The van der Waals surface area contributed by atoms with Crippen molar-refractivity contribution >= 4 is 50.2 Å². The minimum absolute atomic E-state index is 0.0534. The standard InChI is InChI=1S/C17H13N3O3S2/c1-8-13-15(22)19-12(20-16(13)25-14(8)9(2)21)7-24-17-18-10-5-3-4-6-11(10)23-17/h3-6H,7H2,1-2H3,(H,19,20,22). The molecule has 3 aromatic heterocycles. The number of H-pyrrole nitrogens is 1. The van der Waals surface area contributed by atoms with Crippen LogP contribution in [0.4, 0.5) is 0 Å². The number of hydrogen-bond acceptors (Lipinski definition) is 7. The molecule has 8 heteroatoms. The number of fused-ring (bicyclic) bond motifs is 2. The van der Waals surface area contributed by atoms with Gasteiger partial charge in [-0.25, -0.2) is 9.97 Å². The molecule has 0 spiro atoms. The van der Waals surface area contributed by atoms with Crippen molar-refractivity contribution in [1.82, 2.24) is 15.0 Å². The maximum Gasteiger partial charge on any atom is 0.259 e. The molecule has 6 nitrogen and oxygen atoms in total. The van der Waals surface area contributed by atoms with Crippen LogP contribution < -0.4 is 5.56 Å². The zero-order valence-corrected chi connectivity index (χ0v) is 15.1. The van der Waals surface area contributed by atoms with E-state index in [0.29, 0.717) is 37.5 Å². The highest BCUT2D eigenvalue weighted by Crippen LogP contribution is 2.29. The number of aromatic nitrogens is 3. The molecular weight excluding hydrogens is 358 g/mol. The van der Waals surface area contributed by atoms with Gasteiger partial charge in [-0.2, -0.15) is 0 Å². The van der Waals surface area contributed by atoms with Crippen LogP contribution in [0.2, 0.25) is 0 Å². The van der Waals surface area contributed by atoms with Crippen LogP contribution in [0.5, 0.6) is 0 Å². The van der Waals surface area contributed by atoms with E-state index in [1.807, 2.05) is 24.3 Å². The highest BCUT2D eigenvalue weighted by Gasteiger charge is 2.17. The fourth-order valence-corrected chi connectivity index (χ4v) is 4.44. The Morgan fingerprint density at radius 3 is 2.88 bits per heavy atom. The van der Waals surface area contributed by atoms with Crippen molar-refractivity contribution in [1.29, 1.82) is 0 Å². The zero-order chi connectivity index (χ0) is 17.6. The molecule has 1 N–H and O–H groups in total. The van der Waals surface area contributed by atoms with E-state index >= 15 is 0 Å². The molecule has 0 aliphatic heterocycles. The lowest BCUT2D eigenvalue weighted by atomic mass is 10.2. The molecule has 0 bridgehead atoms. The molecule has 0 fully saturated rings. The van der Waals surface area contributed by atoms with Gasteiger partial charge in [0, 0.05) is 0 Å². The van der Waals surface area contributed by atoms with E-state index in [2.05, 4.69) is 15.0 Å². The third-order valence-electron chi connectivity index (χ3n) is 3.78. The number of nitrogens with zero attached hydrogens (tertiary/aromatic N) is 2. The van der Waals surface area contributed by atoms with Crippen LogP contribution in [-0.2, 0) is 5.75 Å². The number of rotatable bonds is 4. The number of aromatic amines is 1. The third kappa shape index (κ3) is 2.87. The molecule has 3 heterocycles. The smallest absolute Gasteiger partial charge is 0.259 e. The van der Waals surface area contributed by atoms with Crippen molar-refractivity contribution < 1.29 is 9.21 Å². The van der Waals surface area contributed by atoms with Gasteiger partial charge in [0.1, 0.15) is 16.2 Å². The van der Waals surface area contributed by atoms with Crippen molar-refractivity contribution in [2.24, 2.45) is 0 Å². The lowest BCUT2D eigenvalue weighted by Gasteiger charge is -1.98. The molecule has 25 heavy (non-hydrogen) atoms. The zero-order valence-electron chi connectivity index (χ0n) is 13.5. The molecule has 0 saturated heterocycles. The van der Waals surface area contributed by atoms with E-state index in [-0.39, 0.29) is 11.3 Å². The molecule has 0 radical (unpaired) electrons. The summed E-state index contributed by atoms with van der Waals surface area (Å²) in [5.74, 6) is 0.896. The highest BCUT2D eigenvalue weighted by molar-refractivity contribution is 7.98. The number of oxazole rings is 1. The minimum Gasteiger partial charge on any atom is -0.431 e. The summed E-state index contributed by atoms with van der Waals surface area (Å²) in [6.07, 6.45) is 0. The van der Waals surface area contributed by atoms with Crippen molar-refractivity contribution in [2.45, 2.75) is 24.8 Å². The quantitative estimate of drug-likeness (QED) is 0.432. The highest BCUT2D eigenvalue weighted by atomic mass is 32.2. The second-order valence-electron chi connectivity index (χ2n) is 5.54. The van der Waals surface area contributed by atoms with Gasteiger partial charge in [0.25, 0.3) is 10.8 Å². The van der Waals surface area contributed by atoms with Gasteiger partial charge in [-0.1, -0.05) is 23.9 Å². The third-order valence-corrected chi connectivity index (χ3v) is 5.90. The molecule has 0 unspecified atom stereocenters. The molecule has 1 aromatic carbocycles. The van der Waals surface area contributed by atoms with Gasteiger partial charge in [-0.05, 0) is 31.5 Å². The first-order chi connectivity index (χ1) is 12.0. The molecule has 0 aliphatic carbocycles. The first-order valence-corrected chi connectivity index (χ1v) is 9.34. The van der Waals surface area contributed by atoms with Crippen molar-refractivity contribution in [3.05, 3.63) is 50.9 Å². The second-order valence-corrected chi connectivity index (χ2v) is 7.47. The number of Topliss-reactive ketones (excluding diaryl/α,β-unsaturated/α-hetero) is 1. The fourth-order valence-electron chi connectivity index (χ4n) is 2.64. The molecule has 0 atom stereocenters. The Morgan fingerprint density at radius 2 is 2.12 bits per heavy atom. The van der Waals surface area contributed by atoms with E-state index in [4.69, 9.17) is 4.42 Å². The molecule has 4 aromatic rings. The first kappa shape index (κ1) is 16.0. The van der Waals surface area contributed by atoms with Gasteiger partial charge < -0.3 is 9.40 Å². The molecule has 0 amide bonds. The number of ketones is 1. The van der Waals surface area contributed by atoms with Crippen LogP contribution >= 0.6 is 23.1 Å². The van der Waals surface area contributed by atoms with E-state index in [0.717, 1.165) is 11.1 Å². The van der Waals surface area contributed by atoms with Gasteiger partial charge in [0.15, 0.2) is 11.4 Å². The Hall–Kier alpha value is -2.45. The van der Waals surface area contributed by atoms with Crippen LogP contribution in [0.25, 0.3) is 21.3 Å². The van der Waals surface area contributed by atoms with Gasteiger partial charge in [-0.15, -0.1) is 11.3 Å². The molecule has 126 valence electrons. The van der Waals surface area contributed by atoms with E-state index in [9.17, 15) is 9.59 Å². The molecule has 4 rings (SSSR count). The Kier molecular flexibility index (Phi) is 3.93. The monoisotopic (exact) mass is 371 g/mol. The number of aryl methyl sites for hydroxylation is 1. The minimum atomic E-state index is -0.223. The summed E-state index contributed by atoms with van der Waals surface area (Å²) in [5, 5.41) is 1.02. The summed E-state index contributed by atoms with van der Waals surface area (Å²) < 4.78 is 5.65. The van der Waals surface area contributed by atoms with Crippen LogP contribution in [0.1, 0.15) is 28.0 Å². The van der Waals surface area contributed by atoms with Crippen LogP contribution in [0, 0.1) is 6.92 Å². The first-order valence-electron chi connectivity index (χ1n) is 7.54. The lowest BCUT2D eigenvalue weighted by Crippen LogP contribution is -2.11. The summed E-state index contributed by atoms with van der Waals surface area (Å²) in [6.45, 7) is 3.27. The predicted octanol–water partition coefficient (Wildman–Crippen LogP) is 3.93. The number of thioether (sulfide) groups is 1. The van der Waals surface area contributed by atoms with Gasteiger partial charge >= 0.3 is 0 Å². The number of para-hydroxylation sites is 2. The average molecular weight is 371 g/mol. The van der Waals surface area contributed by atoms with E-state index in [1.165, 1.54) is 30.0 Å². The summed E-state index contributed by atoms with van der Waals surface area (Å²) in [5.41, 5.74) is 1.99. The normalized spacial score (nSPS) is 11.4. The Labute approximate surface area is 150 Å². The number of thiophene rings is 1. The number of benzene rings is 1. The summed E-state index contributed by atoms with van der Waals surface area (Å²) >= 11 is 2.62. The topological polar surface area (TPSA) is 88.8 Å². The predicted molar refractivity (Wildman–Crippen MR) is 98.6 cm³/mol. The SMILES string of the molecule is CC(=O)c1sc2nc(CSc3nc4ccccc4o3)[nH]c(=O)c2c1C. The molecular formula is C17H13N3O3S2. The van der Waals surface area contributed by atoms with Gasteiger partial charge in [0.2, 0.25) is 0 Å².